The number of ether oxygens (including phenoxy) is 1. The second-order valence-electron chi connectivity index (χ2n) is 3.51. The highest BCUT2D eigenvalue weighted by atomic mass is 16.5. The van der Waals surface area contributed by atoms with Crippen molar-refractivity contribution >= 4 is 12.0 Å². The second kappa shape index (κ2) is 4.89. The Morgan fingerprint density at radius 2 is 2.31 bits per heavy atom. The normalized spacial score (nSPS) is 21.4. The molecule has 1 aromatic rings. The number of aliphatic carboxylic acids is 1. The third-order valence-corrected chi connectivity index (χ3v) is 2.28. The number of carboxylic acids is 1. The molecule has 0 aliphatic carbocycles. The Hall–Kier alpha value is -1.69. The number of rotatable bonds is 3. The van der Waals surface area contributed by atoms with E-state index in [-0.39, 0.29) is 12.0 Å². The summed E-state index contributed by atoms with van der Waals surface area (Å²) in [5.74, 6) is -0.440. The van der Waals surface area contributed by atoms with Crippen LogP contribution in [0.4, 0.5) is 0 Å². The molecule has 0 spiro atoms. The molecule has 1 aliphatic heterocycles. The summed E-state index contributed by atoms with van der Waals surface area (Å²) in [7, 11) is 0. The number of nitrogens with zero attached hydrogens (tertiary/aromatic N) is 2. The van der Waals surface area contributed by atoms with Gasteiger partial charge in [-0.05, 0) is 19.3 Å². The van der Waals surface area contributed by atoms with Crippen LogP contribution < -0.4 is 0 Å². The summed E-state index contributed by atoms with van der Waals surface area (Å²) < 4.78 is 10.7. The monoisotopic (exact) mass is 224 g/mol. The van der Waals surface area contributed by atoms with Crippen molar-refractivity contribution in [2.45, 2.75) is 25.4 Å². The molecule has 1 aliphatic rings. The molecule has 2 heterocycles. The van der Waals surface area contributed by atoms with E-state index in [1.54, 1.807) is 0 Å². The van der Waals surface area contributed by atoms with E-state index in [1.807, 2.05) is 0 Å². The molecule has 1 atom stereocenters. The maximum atomic E-state index is 10.3. The van der Waals surface area contributed by atoms with Gasteiger partial charge in [-0.25, -0.2) is 4.79 Å². The third-order valence-electron chi connectivity index (χ3n) is 2.28. The van der Waals surface area contributed by atoms with Crippen molar-refractivity contribution in [3.63, 3.8) is 0 Å². The van der Waals surface area contributed by atoms with Gasteiger partial charge in [0.25, 0.3) is 0 Å². The first-order chi connectivity index (χ1) is 7.75. The zero-order valence-electron chi connectivity index (χ0n) is 8.63. The lowest BCUT2D eigenvalue weighted by Gasteiger charge is -2.18. The van der Waals surface area contributed by atoms with E-state index in [9.17, 15) is 4.79 Å². The highest BCUT2D eigenvalue weighted by molar-refractivity contribution is 5.84. The summed E-state index contributed by atoms with van der Waals surface area (Å²) in [5.41, 5.74) is 0. The predicted octanol–water partition coefficient (Wildman–Crippen LogP) is 1.41. The molecule has 0 aromatic carbocycles. The molecule has 0 bridgehead atoms. The predicted molar refractivity (Wildman–Crippen MR) is 53.5 cm³/mol. The van der Waals surface area contributed by atoms with Crippen molar-refractivity contribution < 1.29 is 19.1 Å². The zero-order chi connectivity index (χ0) is 11.4. The van der Waals surface area contributed by atoms with Gasteiger partial charge in [-0.15, -0.1) is 10.2 Å². The molecule has 6 heteroatoms. The van der Waals surface area contributed by atoms with E-state index >= 15 is 0 Å². The van der Waals surface area contributed by atoms with E-state index in [0.29, 0.717) is 12.5 Å². The van der Waals surface area contributed by atoms with Crippen LogP contribution in [0.3, 0.4) is 0 Å². The quantitative estimate of drug-likeness (QED) is 0.781. The van der Waals surface area contributed by atoms with Crippen molar-refractivity contribution in [2.24, 2.45) is 0 Å². The lowest BCUT2D eigenvalue weighted by Crippen LogP contribution is -2.11. The van der Waals surface area contributed by atoms with Crippen LogP contribution in [-0.4, -0.2) is 27.9 Å². The van der Waals surface area contributed by atoms with Gasteiger partial charge in [0.15, 0.2) is 0 Å². The standard InChI is InChI=1S/C10H12N2O4/c13-9(14)5-4-8-11-12-10(16-8)7-3-1-2-6-15-7/h4-5,7H,1-3,6H2,(H,13,14)/b5-4+. The van der Waals surface area contributed by atoms with Gasteiger partial charge in [0, 0.05) is 18.8 Å². The fraction of sp³-hybridized carbons (Fsp3) is 0.500. The summed E-state index contributed by atoms with van der Waals surface area (Å²) in [4.78, 5) is 10.3. The largest absolute Gasteiger partial charge is 0.478 e. The number of hydrogen-bond donors (Lipinski definition) is 1. The van der Waals surface area contributed by atoms with Crippen molar-refractivity contribution in [1.82, 2.24) is 10.2 Å². The molecule has 6 nitrogen and oxygen atoms in total. The SMILES string of the molecule is O=C(O)/C=C/c1nnc(C2CCCCO2)o1. The zero-order valence-corrected chi connectivity index (χ0v) is 8.63. The Bertz CT molecular complexity index is 393. The summed E-state index contributed by atoms with van der Waals surface area (Å²) in [6, 6.07) is 0. The summed E-state index contributed by atoms with van der Waals surface area (Å²) in [6.45, 7) is 0.702. The van der Waals surface area contributed by atoms with Gasteiger partial charge < -0.3 is 14.3 Å². The number of carbonyl (C=O) groups is 1. The van der Waals surface area contributed by atoms with Crippen molar-refractivity contribution in [3.8, 4) is 0 Å². The molecule has 2 rings (SSSR count). The van der Waals surface area contributed by atoms with E-state index in [2.05, 4.69) is 10.2 Å². The maximum absolute atomic E-state index is 10.3. The Kier molecular flexibility index (Phi) is 3.31. The molecule has 1 saturated heterocycles. The summed E-state index contributed by atoms with van der Waals surface area (Å²) in [5, 5.41) is 16.0. The lowest BCUT2D eigenvalue weighted by molar-refractivity contribution is -0.131. The van der Waals surface area contributed by atoms with Crippen LogP contribution in [0.25, 0.3) is 6.08 Å². The molecule has 86 valence electrons. The molecule has 0 amide bonds. The average Bonchev–Trinajstić information content (AvgIpc) is 2.76. The Balaban J connectivity index is 2.03. The first-order valence-electron chi connectivity index (χ1n) is 5.12. The molecule has 0 saturated carbocycles. The second-order valence-corrected chi connectivity index (χ2v) is 3.51. The highest BCUT2D eigenvalue weighted by Crippen LogP contribution is 2.26. The molecule has 0 radical (unpaired) electrons. The Morgan fingerprint density at radius 3 is 3.00 bits per heavy atom. The molecular formula is C10H12N2O4. The van der Waals surface area contributed by atoms with Crippen LogP contribution in [-0.2, 0) is 9.53 Å². The van der Waals surface area contributed by atoms with Gasteiger partial charge in [-0.2, -0.15) is 0 Å². The summed E-state index contributed by atoms with van der Waals surface area (Å²) in [6.07, 6.45) is 5.07. The fourth-order valence-electron chi connectivity index (χ4n) is 1.52. The van der Waals surface area contributed by atoms with Crippen LogP contribution in [0.5, 0.6) is 0 Å². The van der Waals surface area contributed by atoms with Gasteiger partial charge in [-0.3, -0.25) is 0 Å². The molecular weight excluding hydrogens is 212 g/mol. The summed E-state index contributed by atoms with van der Waals surface area (Å²) >= 11 is 0. The first kappa shape index (κ1) is 10.8. The molecule has 1 unspecified atom stereocenters. The van der Waals surface area contributed by atoms with E-state index in [1.165, 1.54) is 6.08 Å². The van der Waals surface area contributed by atoms with Crippen LogP contribution in [0.1, 0.15) is 37.1 Å². The third kappa shape index (κ3) is 2.66. The topological polar surface area (TPSA) is 85.5 Å². The van der Waals surface area contributed by atoms with E-state index in [4.69, 9.17) is 14.3 Å². The molecule has 1 aromatic heterocycles. The molecule has 1 fully saturated rings. The smallest absolute Gasteiger partial charge is 0.328 e. The Labute approximate surface area is 91.9 Å². The molecule has 16 heavy (non-hydrogen) atoms. The number of aromatic nitrogens is 2. The number of carboxylic acid groups (broad SMARTS) is 1. The van der Waals surface area contributed by atoms with Crippen LogP contribution in [0.15, 0.2) is 10.5 Å². The number of hydrogen-bond acceptors (Lipinski definition) is 5. The van der Waals surface area contributed by atoms with Crippen molar-refractivity contribution in [3.05, 3.63) is 17.9 Å². The van der Waals surface area contributed by atoms with Crippen LogP contribution in [0, 0.1) is 0 Å². The highest BCUT2D eigenvalue weighted by Gasteiger charge is 2.21. The lowest BCUT2D eigenvalue weighted by atomic mass is 10.1. The van der Waals surface area contributed by atoms with Crippen molar-refractivity contribution in [2.75, 3.05) is 6.61 Å². The van der Waals surface area contributed by atoms with Gasteiger partial charge >= 0.3 is 5.97 Å². The minimum atomic E-state index is -1.05. The first-order valence-corrected chi connectivity index (χ1v) is 5.12. The Morgan fingerprint density at radius 1 is 1.44 bits per heavy atom. The fourth-order valence-corrected chi connectivity index (χ4v) is 1.52. The van der Waals surface area contributed by atoms with E-state index < -0.39 is 5.97 Å². The van der Waals surface area contributed by atoms with Crippen LogP contribution in [0.2, 0.25) is 0 Å². The van der Waals surface area contributed by atoms with Crippen molar-refractivity contribution in [1.29, 1.82) is 0 Å². The maximum Gasteiger partial charge on any atom is 0.328 e. The minimum absolute atomic E-state index is 0.145. The van der Waals surface area contributed by atoms with Gasteiger partial charge in [-0.1, -0.05) is 0 Å². The average molecular weight is 224 g/mol. The van der Waals surface area contributed by atoms with Gasteiger partial charge in [0.1, 0.15) is 6.10 Å². The van der Waals surface area contributed by atoms with Gasteiger partial charge in [0.2, 0.25) is 11.8 Å². The van der Waals surface area contributed by atoms with Gasteiger partial charge in [0.05, 0.1) is 0 Å². The van der Waals surface area contributed by atoms with E-state index in [0.717, 1.165) is 25.3 Å². The molecule has 1 N–H and O–H groups in total. The minimum Gasteiger partial charge on any atom is -0.478 e. The van der Waals surface area contributed by atoms with Crippen LogP contribution >= 0.6 is 0 Å².